The first-order valence-corrected chi connectivity index (χ1v) is 4.29. The molecule has 0 bridgehead atoms. The summed E-state index contributed by atoms with van der Waals surface area (Å²) in [6, 6.07) is -0.102. The molecule has 3 rings (SSSR count). The molecule has 4 nitrogen and oxygen atoms in total. The smallest absolute Gasteiger partial charge is 0.156 e. The summed E-state index contributed by atoms with van der Waals surface area (Å²) in [5.74, 6) is 0. The molecule has 2 aliphatic heterocycles. The van der Waals surface area contributed by atoms with Crippen molar-refractivity contribution in [2.24, 2.45) is 0 Å². The van der Waals surface area contributed by atoms with Crippen molar-refractivity contribution in [2.45, 2.75) is 42.4 Å². The molecule has 0 aromatic rings. The summed E-state index contributed by atoms with van der Waals surface area (Å²) < 4.78 is 10.9. The molecule has 2 unspecified atom stereocenters. The molecule has 2 saturated heterocycles. The molecule has 0 amide bonds. The molecule has 66 valence electrons. The number of fused-ring (bicyclic) bond motifs is 1. The second-order valence-corrected chi connectivity index (χ2v) is 4.05. The highest BCUT2D eigenvalue weighted by Crippen LogP contribution is 2.71. The molecule has 5 heteroatoms. The zero-order chi connectivity index (χ0) is 8.72. The number of hydrogen-bond acceptors (Lipinski definition) is 4. The third-order valence-electron chi connectivity index (χ3n) is 3.48. The summed E-state index contributed by atoms with van der Waals surface area (Å²) >= 11 is 0. The van der Waals surface area contributed by atoms with E-state index in [-0.39, 0.29) is 18.2 Å². The van der Waals surface area contributed by atoms with Crippen LogP contribution in [-0.4, -0.2) is 53.6 Å². The van der Waals surface area contributed by atoms with Crippen LogP contribution < -0.4 is 0 Å². The van der Waals surface area contributed by atoms with E-state index in [9.17, 15) is 10.2 Å². The number of rotatable bonds is 1. The van der Waals surface area contributed by atoms with Gasteiger partial charge in [-0.15, -0.1) is 0 Å². The van der Waals surface area contributed by atoms with E-state index in [0.29, 0.717) is 0 Å². The zero-order valence-electron chi connectivity index (χ0n) is 7.02. The normalized spacial score (nSPS) is 68.4. The summed E-state index contributed by atoms with van der Waals surface area (Å²) in [6.45, 7) is 1.63. The van der Waals surface area contributed by atoms with Crippen molar-refractivity contribution in [2.75, 3.05) is 0 Å². The Bertz CT molecular complexity index is 258. The molecular weight excluding hydrogens is 159 g/mol. The molecule has 2 N–H and O–H groups in total. The SMILES string of the molecule is B[C@@H]1O[C@@]2(C(C)O)C3O[C@@H]1[C@@]32O. The van der Waals surface area contributed by atoms with Gasteiger partial charge in [0, 0.05) is 0 Å². The van der Waals surface area contributed by atoms with Gasteiger partial charge in [0.15, 0.2) is 11.2 Å². The van der Waals surface area contributed by atoms with Gasteiger partial charge in [-0.3, -0.25) is 0 Å². The summed E-state index contributed by atoms with van der Waals surface area (Å²) in [7, 11) is 1.86. The highest BCUT2D eigenvalue weighted by Gasteiger charge is 2.96. The summed E-state index contributed by atoms with van der Waals surface area (Å²) in [5, 5.41) is 19.4. The average Bonchev–Trinajstić information content (AvgIpc) is 2.28. The van der Waals surface area contributed by atoms with Crippen molar-refractivity contribution in [3.8, 4) is 0 Å². The molecule has 0 radical (unpaired) electrons. The minimum atomic E-state index is -0.888. The van der Waals surface area contributed by atoms with Gasteiger partial charge in [0.1, 0.15) is 20.1 Å². The van der Waals surface area contributed by atoms with E-state index in [1.54, 1.807) is 6.92 Å². The van der Waals surface area contributed by atoms with Crippen molar-refractivity contribution in [1.82, 2.24) is 0 Å². The molecule has 3 fully saturated rings. The topological polar surface area (TPSA) is 58.9 Å². The second kappa shape index (κ2) is 1.59. The van der Waals surface area contributed by atoms with Gasteiger partial charge in [0.2, 0.25) is 0 Å². The summed E-state index contributed by atoms with van der Waals surface area (Å²) in [4.78, 5) is 0. The first kappa shape index (κ1) is 7.32. The molecular formula is C7H11BO4. The minimum Gasteiger partial charge on any atom is -0.390 e. The maximum absolute atomic E-state index is 9.97. The van der Waals surface area contributed by atoms with Gasteiger partial charge in [-0.05, 0) is 6.92 Å². The number of aliphatic hydroxyl groups is 2. The lowest BCUT2D eigenvalue weighted by Gasteiger charge is -2.34. The Hall–Kier alpha value is -0.0951. The van der Waals surface area contributed by atoms with Crippen molar-refractivity contribution in [3.63, 3.8) is 0 Å². The van der Waals surface area contributed by atoms with Gasteiger partial charge >= 0.3 is 0 Å². The second-order valence-electron chi connectivity index (χ2n) is 4.05. The largest absolute Gasteiger partial charge is 0.390 e. The van der Waals surface area contributed by atoms with Crippen molar-refractivity contribution in [3.05, 3.63) is 0 Å². The van der Waals surface area contributed by atoms with Crippen LogP contribution in [0.3, 0.4) is 0 Å². The van der Waals surface area contributed by atoms with Crippen LogP contribution >= 0.6 is 0 Å². The first-order chi connectivity index (χ1) is 5.55. The van der Waals surface area contributed by atoms with Crippen molar-refractivity contribution < 1.29 is 19.7 Å². The van der Waals surface area contributed by atoms with Crippen LogP contribution in [-0.2, 0) is 9.47 Å². The Morgan fingerprint density at radius 3 is 2.50 bits per heavy atom. The monoisotopic (exact) mass is 170 g/mol. The van der Waals surface area contributed by atoms with Crippen molar-refractivity contribution >= 4 is 7.85 Å². The van der Waals surface area contributed by atoms with Crippen LogP contribution in [0.5, 0.6) is 0 Å². The molecule has 2 heterocycles. The standard InChI is InChI=1S/C7H11BO4/c1-2(9)7-5-6(7,10)3(11-5)4(8)12-7/h2-5,9-10H,8H2,1H3/t2?,3-,4+,5?,6+,7-/m0/s1. The first-order valence-electron chi connectivity index (χ1n) is 4.29. The minimum absolute atomic E-state index is 0.102. The van der Waals surface area contributed by atoms with Crippen LogP contribution in [0.4, 0.5) is 0 Å². The van der Waals surface area contributed by atoms with E-state index in [4.69, 9.17) is 9.47 Å². The highest BCUT2D eigenvalue weighted by atomic mass is 16.7. The van der Waals surface area contributed by atoms with E-state index in [1.165, 1.54) is 0 Å². The zero-order valence-corrected chi connectivity index (χ0v) is 7.02. The Balaban J connectivity index is 2.01. The Kier molecular flexibility index (Phi) is 0.973. The summed E-state index contributed by atoms with van der Waals surface area (Å²) in [6.07, 6.45) is -1.18. The molecule has 12 heavy (non-hydrogen) atoms. The third kappa shape index (κ3) is 0.407. The van der Waals surface area contributed by atoms with E-state index >= 15 is 0 Å². The molecule has 1 aliphatic carbocycles. The molecule has 0 aromatic carbocycles. The van der Waals surface area contributed by atoms with Crippen molar-refractivity contribution in [1.29, 1.82) is 0 Å². The predicted molar refractivity (Wildman–Crippen MR) is 41.4 cm³/mol. The lowest BCUT2D eigenvalue weighted by molar-refractivity contribution is -0.199. The van der Waals surface area contributed by atoms with E-state index in [2.05, 4.69) is 0 Å². The van der Waals surface area contributed by atoms with Crippen LogP contribution in [0.1, 0.15) is 6.92 Å². The molecule has 6 atom stereocenters. The third-order valence-corrected chi connectivity index (χ3v) is 3.48. The van der Waals surface area contributed by atoms with E-state index in [1.807, 2.05) is 7.85 Å². The molecule has 0 aromatic heterocycles. The predicted octanol–water partition coefficient (Wildman–Crippen LogP) is -2.39. The van der Waals surface area contributed by atoms with Gasteiger partial charge in [-0.2, -0.15) is 0 Å². The number of ether oxygens (including phenoxy) is 2. The van der Waals surface area contributed by atoms with Gasteiger partial charge in [0.05, 0.1) is 12.1 Å². The fourth-order valence-corrected chi connectivity index (χ4v) is 2.84. The Labute approximate surface area is 70.9 Å². The molecule has 3 aliphatic rings. The van der Waals surface area contributed by atoms with E-state index in [0.717, 1.165) is 0 Å². The fourth-order valence-electron chi connectivity index (χ4n) is 2.84. The highest BCUT2D eigenvalue weighted by molar-refractivity contribution is 6.12. The van der Waals surface area contributed by atoms with Gasteiger partial charge in [-0.25, -0.2) is 0 Å². The lowest BCUT2D eigenvalue weighted by atomic mass is 9.88. The van der Waals surface area contributed by atoms with E-state index < -0.39 is 17.3 Å². The fraction of sp³-hybridized carbons (Fsp3) is 1.00. The van der Waals surface area contributed by atoms with Crippen LogP contribution in [0, 0.1) is 0 Å². The Morgan fingerprint density at radius 2 is 2.25 bits per heavy atom. The maximum atomic E-state index is 9.97. The molecule has 0 spiro atoms. The van der Waals surface area contributed by atoms with Gasteiger partial charge in [-0.1, -0.05) is 0 Å². The van der Waals surface area contributed by atoms with Gasteiger partial charge < -0.3 is 19.7 Å². The number of aliphatic hydroxyl groups excluding tert-OH is 1. The molecule has 1 saturated carbocycles. The van der Waals surface area contributed by atoms with Crippen LogP contribution in [0.2, 0.25) is 0 Å². The number of hydrogen-bond donors (Lipinski definition) is 2. The van der Waals surface area contributed by atoms with Crippen LogP contribution in [0.25, 0.3) is 0 Å². The average molecular weight is 170 g/mol. The lowest BCUT2D eigenvalue weighted by Crippen LogP contribution is -2.51. The Morgan fingerprint density at radius 1 is 1.58 bits per heavy atom. The van der Waals surface area contributed by atoms with Gasteiger partial charge in [0.25, 0.3) is 0 Å². The quantitative estimate of drug-likeness (QED) is 0.431. The summed E-state index contributed by atoms with van der Waals surface area (Å²) in [5.41, 5.74) is -1.70. The van der Waals surface area contributed by atoms with Crippen LogP contribution in [0.15, 0.2) is 0 Å². The maximum Gasteiger partial charge on any atom is 0.156 e.